The Kier molecular flexibility index (Phi) is 4.13. The summed E-state index contributed by atoms with van der Waals surface area (Å²) in [7, 11) is 0. The topological polar surface area (TPSA) is 57.2 Å². The number of rotatable bonds is 3. The Morgan fingerprint density at radius 2 is 1.82 bits per heavy atom. The van der Waals surface area contributed by atoms with Crippen molar-refractivity contribution >= 4 is 46.2 Å². The molecule has 110 valence electrons. The van der Waals surface area contributed by atoms with E-state index in [9.17, 15) is 4.79 Å². The molecule has 1 amide bonds. The Labute approximate surface area is 136 Å². The van der Waals surface area contributed by atoms with Crippen molar-refractivity contribution < 1.29 is 4.79 Å². The summed E-state index contributed by atoms with van der Waals surface area (Å²) in [5.41, 5.74) is 4.37. The summed E-state index contributed by atoms with van der Waals surface area (Å²) in [6, 6.07) is 14.5. The molecule has 0 aliphatic rings. The molecule has 0 spiro atoms. The summed E-state index contributed by atoms with van der Waals surface area (Å²) < 4.78 is 0. The van der Waals surface area contributed by atoms with Crippen LogP contribution in [0.1, 0.15) is 16.1 Å². The first kappa shape index (κ1) is 14.6. The van der Waals surface area contributed by atoms with Crippen molar-refractivity contribution in [1.29, 1.82) is 0 Å². The van der Waals surface area contributed by atoms with E-state index in [2.05, 4.69) is 15.5 Å². The van der Waals surface area contributed by atoms with Gasteiger partial charge in [-0.2, -0.15) is 5.10 Å². The number of hydrazone groups is 1. The van der Waals surface area contributed by atoms with E-state index < -0.39 is 5.91 Å². The second-order valence-corrected chi connectivity index (χ2v) is 5.42. The fraction of sp³-hybridized carbons (Fsp3) is 0. The van der Waals surface area contributed by atoms with Gasteiger partial charge in [-0.1, -0.05) is 53.5 Å². The summed E-state index contributed by atoms with van der Waals surface area (Å²) >= 11 is 12.0. The van der Waals surface area contributed by atoms with Crippen LogP contribution in [0.4, 0.5) is 0 Å². The zero-order valence-corrected chi connectivity index (χ0v) is 12.8. The van der Waals surface area contributed by atoms with Crippen molar-refractivity contribution in [2.45, 2.75) is 0 Å². The number of aromatic nitrogens is 1. The van der Waals surface area contributed by atoms with E-state index in [-0.39, 0.29) is 5.69 Å². The van der Waals surface area contributed by atoms with E-state index in [0.29, 0.717) is 10.0 Å². The van der Waals surface area contributed by atoms with Crippen LogP contribution >= 0.6 is 23.2 Å². The monoisotopic (exact) mass is 331 g/mol. The van der Waals surface area contributed by atoms with Crippen LogP contribution in [-0.4, -0.2) is 17.1 Å². The average Bonchev–Trinajstić information content (AvgIpc) is 2.87. The molecule has 3 aromatic rings. The fourth-order valence-corrected chi connectivity index (χ4v) is 2.46. The fourth-order valence-electron chi connectivity index (χ4n) is 2.03. The van der Waals surface area contributed by atoms with E-state index >= 15 is 0 Å². The Morgan fingerprint density at radius 1 is 1.09 bits per heavy atom. The molecule has 0 aliphatic heterocycles. The molecule has 6 heteroatoms. The van der Waals surface area contributed by atoms with E-state index in [1.807, 2.05) is 24.3 Å². The maximum Gasteiger partial charge on any atom is 0.289 e. The van der Waals surface area contributed by atoms with Gasteiger partial charge >= 0.3 is 0 Å². The molecule has 0 unspecified atom stereocenters. The van der Waals surface area contributed by atoms with Crippen LogP contribution in [0, 0.1) is 0 Å². The number of amides is 1. The number of carbonyl (C=O) groups is 1. The maximum absolute atomic E-state index is 12.1. The summed E-state index contributed by atoms with van der Waals surface area (Å²) in [5.74, 6) is -0.397. The third kappa shape index (κ3) is 2.98. The molecule has 1 aromatic heterocycles. The van der Waals surface area contributed by atoms with Gasteiger partial charge in [-0.15, -0.1) is 0 Å². The van der Waals surface area contributed by atoms with Gasteiger partial charge in [0.05, 0.1) is 11.2 Å². The predicted octanol–water partition coefficient (Wildman–Crippen LogP) is 4.24. The minimum Gasteiger partial charge on any atom is -0.349 e. The minimum absolute atomic E-state index is 0.288. The van der Waals surface area contributed by atoms with Crippen molar-refractivity contribution in [2.24, 2.45) is 5.10 Å². The third-order valence-corrected chi connectivity index (χ3v) is 3.76. The van der Waals surface area contributed by atoms with Crippen LogP contribution in [0.2, 0.25) is 10.0 Å². The molecule has 0 fully saturated rings. The zero-order valence-electron chi connectivity index (χ0n) is 11.3. The number of hydrogen-bond acceptors (Lipinski definition) is 2. The molecule has 22 heavy (non-hydrogen) atoms. The van der Waals surface area contributed by atoms with Gasteiger partial charge in [-0.05, 0) is 23.8 Å². The third-order valence-electron chi connectivity index (χ3n) is 3.12. The Hall–Kier alpha value is -2.30. The van der Waals surface area contributed by atoms with Gasteiger partial charge in [0, 0.05) is 15.9 Å². The van der Waals surface area contributed by atoms with Crippen molar-refractivity contribution in [3.05, 3.63) is 69.8 Å². The largest absolute Gasteiger partial charge is 0.349 e. The lowest BCUT2D eigenvalue weighted by Crippen LogP contribution is -2.18. The Balaban J connectivity index is 1.76. The van der Waals surface area contributed by atoms with E-state index in [0.717, 1.165) is 16.5 Å². The molecule has 2 aromatic carbocycles. The molecule has 0 radical (unpaired) electrons. The lowest BCUT2D eigenvalue weighted by Gasteiger charge is -1.98. The summed E-state index contributed by atoms with van der Waals surface area (Å²) in [5, 5.41) is 5.74. The molecular formula is C16H11Cl2N3O. The molecule has 0 atom stereocenters. The van der Waals surface area contributed by atoms with Crippen molar-refractivity contribution in [1.82, 2.24) is 10.4 Å². The molecule has 1 heterocycles. The highest BCUT2D eigenvalue weighted by molar-refractivity contribution is 6.38. The zero-order chi connectivity index (χ0) is 15.5. The van der Waals surface area contributed by atoms with E-state index in [1.54, 1.807) is 24.3 Å². The minimum atomic E-state index is -0.397. The van der Waals surface area contributed by atoms with Gasteiger partial charge in [-0.3, -0.25) is 4.79 Å². The molecule has 3 rings (SSSR count). The van der Waals surface area contributed by atoms with E-state index in [4.69, 9.17) is 23.2 Å². The summed E-state index contributed by atoms with van der Waals surface area (Å²) in [6.45, 7) is 0. The summed E-state index contributed by atoms with van der Waals surface area (Å²) in [6.07, 6.45) is 1.53. The number of fused-ring (bicyclic) bond motifs is 1. The Bertz CT molecular complexity index is 853. The van der Waals surface area contributed by atoms with Crippen molar-refractivity contribution in [3.8, 4) is 0 Å². The number of nitrogens with one attached hydrogen (secondary N) is 2. The number of carbonyl (C=O) groups excluding carboxylic acids is 1. The lowest BCUT2D eigenvalue weighted by molar-refractivity contribution is 0.0951. The molecule has 4 nitrogen and oxygen atoms in total. The summed E-state index contributed by atoms with van der Waals surface area (Å²) in [4.78, 5) is 15.1. The molecular weight excluding hydrogens is 321 g/mol. The number of para-hydroxylation sites is 1. The van der Waals surface area contributed by atoms with Crippen molar-refractivity contribution in [3.63, 3.8) is 0 Å². The Morgan fingerprint density at radius 3 is 2.55 bits per heavy atom. The van der Waals surface area contributed by atoms with Crippen LogP contribution in [0.15, 0.2) is 53.6 Å². The van der Waals surface area contributed by atoms with Crippen LogP contribution in [0.3, 0.4) is 0 Å². The number of halogens is 2. The van der Waals surface area contributed by atoms with Gasteiger partial charge < -0.3 is 4.98 Å². The first-order valence-electron chi connectivity index (χ1n) is 6.50. The van der Waals surface area contributed by atoms with Gasteiger partial charge in [0.25, 0.3) is 5.91 Å². The van der Waals surface area contributed by atoms with Gasteiger partial charge in [-0.25, -0.2) is 5.43 Å². The SMILES string of the molecule is O=C(NN=Cc1ccc(Cl)cc1)c1[nH]c2ccccc2c1Cl. The van der Waals surface area contributed by atoms with Crippen LogP contribution in [-0.2, 0) is 0 Å². The second-order valence-electron chi connectivity index (χ2n) is 4.61. The number of benzene rings is 2. The normalized spacial score (nSPS) is 11.2. The smallest absolute Gasteiger partial charge is 0.289 e. The van der Waals surface area contributed by atoms with Gasteiger partial charge in [0.2, 0.25) is 0 Å². The molecule has 0 saturated carbocycles. The highest BCUT2D eigenvalue weighted by Gasteiger charge is 2.15. The molecule has 0 saturated heterocycles. The quantitative estimate of drug-likeness (QED) is 0.547. The second kappa shape index (κ2) is 6.22. The van der Waals surface area contributed by atoms with Crippen LogP contribution in [0.25, 0.3) is 10.9 Å². The maximum atomic E-state index is 12.1. The predicted molar refractivity (Wildman–Crippen MR) is 89.8 cm³/mol. The lowest BCUT2D eigenvalue weighted by atomic mass is 10.2. The molecule has 2 N–H and O–H groups in total. The highest BCUT2D eigenvalue weighted by Crippen LogP contribution is 2.26. The van der Waals surface area contributed by atoms with Crippen molar-refractivity contribution in [2.75, 3.05) is 0 Å². The number of H-pyrrole nitrogens is 1. The average molecular weight is 332 g/mol. The highest BCUT2D eigenvalue weighted by atomic mass is 35.5. The molecule has 0 aliphatic carbocycles. The molecule has 0 bridgehead atoms. The van der Waals surface area contributed by atoms with Gasteiger partial charge in [0.1, 0.15) is 5.69 Å². The van der Waals surface area contributed by atoms with Gasteiger partial charge in [0.15, 0.2) is 0 Å². The standard InChI is InChI=1S/C16H11Cl2N3O/c17-11-7-5-10(6-8-11)9-19-21-16(22)15-14(18)12-3-1-2-4-13(12)20-15/h1-9,20H,(H,21,22). The number of nitrogens with zero attached hydrogens (tertiary/aromatic N) is 1. The van der Waals surface area contributed by atoms with E-state index in [1.165, 1.54) is 6.21 Å². The first-order chi connectivity index (χ1) is 10.6. The first-order valence-corrected chi connectivity index (χ1v) is 7.26. The number of hydrogen-bond donors (Lipinski definition) is 2. The van der Waals surface area contributed by atoms with Crippen LogP contribution < -0.4 is 5.43 Å². The van der Waals surface area contributed by atoms with Crippen LogP contribution in [0.5, 0.6) is 0 Å². The number of aromatic amines is 1.